The summed E-state index contributed by atoms with van der Waals surface area (Å²) in [6, 6.07) is 9.04. The molecule has 1 aromatic carbocycles. The molecule has 0 saturated heterocycles. The van der Waals surface area contributed by atoms with Crippen molar-refractivity contribution in [2.24, 2.45) is 11.8 Å². The van der Waals surface area contributed by atoms with Gasteiger partial charge in [0.2, 0.25) is 0 Å². The monoisotopic (exact) mass is 418 g/mol. The molecule has 2 atom stereocenters. The van der Waals surface area contributed by atoms with Crippen LogP contribution in [0.3, 0.4) is 0 Å². The maximum Gasteiger partial charge on any atom is -1.00 e. The van der Waals surface area contributed by atoms with Gasteiger partial charge in [0.25, 0.3) is 0 Å². The summed E-state index contributed by atoms with van der Waals surface area (Å²) in [6.45, 7) is 4.80. The van der Waals surface area contributed by atoms with Crippen LogP contribution in [0, 0.1) is 11.8 Å². The Balaban J connectivity index is 0.00000113. The van der Waals surface area contributed by atoms with Gasteiger partial charge in [-0.1, -0.05) is 0 Å². The summed E-state index contributed by atoms with van der Waals surface area (Å²) in [5.74, 6) is 1.63. The van der Waals surface area contributed by atoms with E-state index in [4.69, 9.17) is 0 Å². The van der Waals surface area contributed by atoms with E-state index in [1.165, 1.54) is 37.7 Å². The van der Waals surface area contributed by atoms with Crippen molar-refractivity contribution in [3.8, 4) is 0 Å². The molecule has 0 saturated carbocycles. The summed E-state index contributed by atoms with van der Waals surface area (Å²) in [4.78, 5) is 0. The van der Waals surface area contributed by atoms with Crippen molar-refractivity contribution in [2.75, 3.05) is 0 Å². The van der Waals surface area contributed by atoms with E-state index in [9.17, 15) is 0 Å². The van der Waals surface area contributed by atoms with Gasteiger partial charge in [0, 0.05) is 0 Å². The molecular weight excluding hydrogens is 393 g/mol. The van der Waals surface area contributed by atoms with Gasteiger partial charge in [-0.15, -0.1) is 0 Å². The maximum atomic E-state index is 2.67. The molecule has 132 valence electrons. The molecule has 25 heavy (non-hydrogen) atoms. The Morgan fingerprint density at radius 1 is 1.08 bits per heavy atom. The zero-order valence-corrected chi connectivity index (χ0v) is 17.5. The van der Waals surface area contributed by atoms with Crippen molar-refractivity contribution in [2.45, 2.75) is 49.6 Å². The number of hydrogen-bond donors (Lipinski definition) is 0. The normalized spacial score (nSPS) is 23.4. The quantitative estimate of drug-likeness (QED) is 0.658. The molecule has 3 heteroatoms. The van der Waals surface area contributed by atoms with Crippen LogP contribution in [0.4, 0.5) is 0 Å². The van der Waals surface area contributed by atoms with Crippen molar-refractivity contribution in [1.29, 1.82) is 0 Å². The van der Waals surface area contributed by atoms with Crippen LogP contribution in [-0.2, 0) is 23.2 Å². The first-order valence-corrected chi connectivity index (χ1v) is 11.8. The molecule has 4 rings (SSSR count). The third-order valence-electron chi connectivity index (χ3n) is 5.51. The summed E-state index contributed by atoms with van der Waals surface area (Å²) in [5.41, 5.74) is 6.66. The first-order valence-electron chi connectivity index (χ1n) is 9.19. The molecule has 0 fully saturated rings. The van der Waals surface area contributed by atoms with Gasteiger partial charge in [-0.2, -0.15) is 0 Å². The number of hydrogen-bond acceptors (Lipinski definition) is 0. The molecule has 3 aliphatic rings. The van der Waals surface area contributed by atoms with E-state index in [1.807, 2.05) is 8.85 Å². The van der Waals surface area contributed by atoms with E-state index in [1.54, 1.807) is 11.1 Å². The summed E-state index contributed by atoms with van der Waals surface area (Å²) in [7, 11) is 0. The fourth-order valence-electron chi connectivity index (χ4n) is 4.43. The van der Waals surface area contributed by atoms with E-state index in [-0.39, 0.29) is 9.41 Å². The fourth-order valence-corrected chi connectivity index (χ4v) is 8.66. The van der Waals surface area contributed by atoms with Crippen molar-refractivity contribution in [1.82, 2.24) is 0 Å². The molecule has 0 spiro atoms. The van der Waals surface area contributed by atoms with E-state index in [0.29, 0.717) is 0 Å². The standard InChI is InChI=1S/C13H19.C9H7.2FH.Zr/c1-10(2)9-12-8-7-11-5-3-4-6-13(11)12;1-2-5-9-7-3-6-8(9)4-1;;;/h7,10,12H,3-6,9H2,1-2H3;1-7H;2*1H;/q;;;;+2/p-2. The molecule has 0 aromatic heterocycles. The second-order valence-corrected chi connectivity index (χ2v) is 11.3. The first kappa shape index (κ1) is 20.5. The Hall–Kier alpha value is -0.817. The molecule has 3 aliphatic carbocycles. The second-order valence-electron chi connectivity index (χ2n) is 7.65. The molecule has 0 nitrogen and oxygen atoms in total. The number of halogens is 2. The molecule has 0 N–H and O–H groups in total. The molecule has 2 unspecified atom stereocenters. The summed E-state index contributed by atoms with van der Waals surface area (Å²) in [6.07, 6.45) is 14.5. The van der Waals surface area contributed by atoms with Gasteiger partial charge in [-0.05, 0) is 0 Å². The van der Waals surface area contributed by atoms with Crippen LogP contribution in [0.5, 0.6) is 0 Å². The van der Waals surface area contributed by atoms with Gasteiger partial charge >= 0.3 is 153 Å². The molecule has 0 bridgehead atoms. The number of fused-ring (bicyclic) bond motifs is 1. The fraction of sp³-hybridized carbons (Fsp3) is 0.455. The van der Waals surface area contributed by atoms with Crippen molar-refractivity contribution in [3.05, 3.63) is 62.0 Å². The third kappa shape index (κ3) is 4.13. The summed E-state index contributed by atoms with van der Waals surface area (Å²) >= 11 is -0.588. The zero-order valence-electron chi connectivity index (χ0n) is 15.1. The molecule has 0 aliphatic heterocycles. The SMILES string of the molecule is CC(C)CC1[C]([Zr+2][CH]2C=Cc3ccccc32)=CC2=C1CCCC2.[F-].[F-]. The zero-order chi connectivity index (χ0) is 15.8. The van der Waals surface area contributed by atoms with Gasteiger partial charge in [-0.3, -0.25) is 0 Å². The van der Waals surface area contributed by atoms with E-state index < -0.39 is 23.2 Å². The smallest absolute Gasteiger partial charge is 1.00 e. The number of rotatable bonds is 4. The Morgan fingerprint density at radius 3 is 2.64 bits per heavy atom. The Kier molecular flexibility index (Phi) is 7.14. The minimum Gasteiger partial charge on any atom is -1.00 e. The first-order chi connectivity index (χ1) is 11.2. The number of allylic oxidation sites excluding steroid dienone is 5. The van der Waals surface area contributed by atoms with Crippen LogP contribution in [0.25, 0.3) is 6.08 Å². The van der Waals surface area contributed by atoms with Crippen molar-refractivity contribution in [3.63, 3.8) is 0 Å². The van der Waals surface area contributed by atoms with E-state index in [0.717, 1.165) is 15.5 Å². The van der Waals surface area contributed by atoms with Gasteiger partial charge in [0.15, 0.2) is 0 Å². The van der Waals surface area contributed by atoms with Crippen LogP contribution in [0.15, 0.2) is 50.8 Å². The van der Waals surface area contributed by atoms with Crippen LogP contribution in [-0.4, -0.2) is 0 Å². The Morgan fingerprint density at radius 2 is 1.84 bits per heavy atom. The summed E-state index contributed by atoms with van der Waals surface area (Å²) in [5, 5.41) is 0. The topological polar surface area (TPSA) is 0 Å². The predicted molar refractivity (Wildman–Crippen MR) is 94.7 cm³/mol. The summed E-state index contributed by atoms with van der Waals surface area (Å²) < 4.78 is 2.65. The maximum absolute atomic E-state index is 2.67. The second kappa shape index (κ2) is 8.71. The van der Waals surface area contributed by atoms with Gasteiger partial charge in [0.1, 0.15) is 0 Å². The van der Waals surface area contributed by atoms with Crippen LogP contribution in [0.2, 0.25) is 0 Å². The minimum absolute atomic E-state index is 0. The predicted octanol–water partition coefficient (Wildman–Crippen LogP) is 0.275. The Bertz CT molecular complexity index is 700. The van der Waals surface area contributed by atoms with Crippen molar-refractivity contribution < 1.29 is 32.6 Å². The average molecular weight is 420 g/mol. The average Bonchev–Trinajstić information content (AvgIpc) is 3.10. The van der Waals surface area contributed by atoms with Crippen LogP contribution >= 0.6 is 0 Å². The van der Waals surface area contributed by atoms with Gasteiger partial charge in [-0.25, -0.2) is 0 Å². The van der Waals surface area contributed by atoms with Crippen molar-refractivity contribution >= 4 is 6.08 Å². The van der Waals surface area contributed by atoms with Crippen LogP contribution < -0.4 is 9.41 Å². The van der Waals surface area contributed by atoms with Gasteiger partial charge < -0.3 is 9.41 Å². The molecule has 1 aromatic rings. The molecule has 0 heterocycles. The third-order valence-corrected chi connectivity index (χ3v) is 9.54. The molecule has 0 amide bonds. The molecule has 0 radical (unpaired) electrons. The Labute approximate surface area is 161 Å². The number of benzene rings is 1. The van der Waals surface area contributed by atoms with E-state index in [2.05, 4.69) is 56.3 Å². The largest absolute Gasteiger partial charge is 1.00 e. The molecular formula is C22H26F2Zr. The minimum atomic E-state index is -0.588. The van der Waals surface area contributed by atoms with E-state index >= 15 is 0 Å². The van der Waals surface area contributed by atoms with Crippen LogP contribution in [0.1, 0.15) is 60.7 Å². The van der Waals surface area contributed by atoms with Gasteiger partial charge in [0.05, 0.1) is 0 Å².